The van der Waals surface area contributed by atoms with Crippen molar-refractivity contribution in [2.75, 3.05) is 24.4 Å². The average molecular weight is 263 g/mol. The first-order valence-electron chi connectivity index (χ1n) is 6.83. The van der Waals surface area contributed by atoms with E-state index in [0.717, 1.165) is 12.5 Å². The van der Waals surface area contributed by atoms with Gasteiger partial charge in [-0.2, -0.15) is 0 Å². The fourth-order valence-corrected chi connectivity index (χ4v) is 5.03. The number of ether oxygens (including phenoxy) is 1. The van der Waals surface area contributed by atoms with Gasteiger partial charge in [-0.05, 0) is 43.4 Å². The van der Waals surface area contributed by atoms with Crippen molar-refractivity contribution in [1.29, 1.82) is 0 Å². The Labute approximate surface area is 111 Å². The Morgan fingerprint density at radius 1 is 1.06 bits per heavy atom. The van der Waals surface area contributed by atoms with Crippen molar-refractivity contribution in [3.63, 3.8) is 0 Å². The Bertz CT molecular complexity index is 228. The highest BCUT2D eigenvalue weighted by atomic mass is 32.3. The van der Waals surface area contributed by atoms with E-state index >= 15 is 0 Å². The van der Waals surface area contributed by atoms with Gasteiger partial charge in [0, 0.05) is 5.75 Å². The molecule has 0 aromatic heterocycles. The van der Waals surface area contributed by atoms with Gasteiger partial charge < -0.3 is 4.74 Å². The highest BCUT2D eigenvalue weighted by Crippen LogP contribution is 2.58. The Morgan fingerprint density at radius 2 is 1.53 bits per heavy atom. The highest BCUT2D eigenvalue weighted by Gasteiger charge is 2.37. The van der Waals surface area contributed by atoms with Crippen LogP contribution in [0.2, 0.25) is 0 Å². The lowest BCUT2D eigenvalue weighted by Gasteiger charge is -2.52. The zero-order chi connectivity index (χ0) is 13.9. The van der Waals surface area contributed by atoms with Crippen molar-refractivity contribution in [3.8, 4) is 0 Å². The molecule has 0 N–H and O–H groups in total. The smallest absolute Gasteiger partial charge is 0.0598 e. The predicted molar refractivity (Wildman–Crippen MR) is 83.5 cm³/mol. The lowest BCUT2D eigenvalue weighted by atomic mass is 10.00. The molecule has 0 aliphatic carbocycles. The monoisotopic (exact) mass is 262 g/mol. The molecular weight excluding hydrogens is 228 g/mol. The van der Waals surface area contributed by atoms with Crippen LogP contribution < -0.4 is 0 Å². The summed E-state index contributed by atoms with van der Waals surface area (Å²) in [6.07, 6.45) is 2.50. The second-order valence-corrected chi connectivity index (χ2v) is 11.6. The largest absolute Gasteiger partial charge is 0.375 e. The molecule has 17 heavy (non-hydrogen) atoms. The molecule has 0 radical (unpaired) electrons. The normalized spacial score (nSPS) is 19.2. The number of rotatable bonds is 6. The van der Waals surface area contributed by atoms with Crippen LogP contribution >= 0.6 is 10.0 Å². The molecule has 0 spiro atoms. The lowest BCUT2D eigenvalue weighted by Crippen LogP contribution is -2.38. The molecule has 1 atom stereocenters. The third-order valence-corrected chi connectivity index (χ3v) is 9.72. The summed E-state index contributed by atoms with van der Waals surface area (Å²) in [4.78, 5) is 0. The Morgan fingerprint density at radius 3 is 1.82 bits per heavy atom. The molecule has 106 valence electrons. The molecule has 0 aromatic carbocycles. The van der Waals surface area contributed by atoms with E-state index in [9.17, 15) is 0 Å². The molecule has 0 saturated heterocycles. The van der Waals surface area contributed by atoms with Crippen LogP contribution in [0.1, 0.15) is 55.4 Å². The van der Waals surface area contributed by atoms with Gasteiger partial charge in [-0.1, -0.05) is 34.6 Å². The minimum Gasteiger partial charge on any atom is -0.375 e. The molecule has 0 fully saturated rings. The van der Waals surface area contributed by atoms with Gasteiger partial charge >= 0.3 is 0 Å². The first kappa shape index (κ1) is 17.3. The van der Waals surface area contributed by atoms with E-state index < -0.39 is 10.0 Å². The molecule has 0 aromatic rings. The van der Waals surface area contributed by atoms with Crippen LogP contribution in [0.5, 0.6) is 0 Å². The van der Waals surface area contributed by atoms with Crippen molar-refractivity contribution in [2.24, 2.45) is 5.92 Å². The highest BCUT2D eigenvalue weighted by molar-refractivity contribution is 8.34. The van der Waals surface area contributed by atoms with Gasteiger partial charge in [-0.25, -0.2) is 10.0 Å². The summed E-state index contributed by atoms with van der Waals surface area (Å²) >= 11 is 0. The van der Waals surface area contributed by atoms with Crippen LogP contribution in [0.25, 0.3) is 0 Å². The van der Waals surface area contributed by atoms with Gasteiger partial charge in [-0.3, -0.25) is 0 Å². The molecule has 0 amide bonds. The third kappa shape index (κ3) is 4.82. The average Bonchev–Trinajstić information content (AvgIpc) is 2.14. The van der Waals surface area contributed by atoms with Gasteiger partial charge in [0.15, 0.2) is 0 Å². The molecule has 2 heteroatoms. The predicted octanol–water partition coefficient (Wildman–Crippen LogP) is 4.69. The maximum Gasteiger partial charge on any atom is 0.0598 e. The fourth-order valence-electron chi connectivity index (χ4n) is 1.88. The van der Waals surface area contributed by atoms with E-state index in [1.165, 1.54) is 11.5 Å². The van der Waals surface area contributed by atoms with E-state index in [1.807, 2.05) is 0 Å². The van der Waals surface area contributed by atoms with Crippen LogP contribution in [-0.4, -0.2) is 34.7 Å². The van der Waals surface area contributed by atoms with Crippen LogP contribution in [0.4, 0.5) is 0 Å². The van der Waals surface area contributed by atoms with Crippen LogP contribution in [-0.2, 0) is 4.74 Å². The van der Waals surface area contributed by atoms with Crippen molar-refractivity contribution in [1.82, 2.24) is 0 Å². The third-order valence-electron chi connectivity index (χ3n) is 4.37. The lowest BCUT2D eigenvalue weighted by molar-refractivity contribution is 0.00659. The van der Waals surface area contributed by atoms with Crippen molar-refractivity contribution in [3.05, 3.63) is 0 Å². The van der Waals surface area contributed by atoms with E-state index in [4.69, 9.17) is 4.74 Å². The SMILES string of the molecule is CCS(C)(CCOC(C)(C)C)C(C)(C)C(C)C. The Balaban J connectivity index is 4.59. The van der Waals surface area contributed by atoms with Crippen LogP contribution in [0.15, 0.2) is 0 Å². The summed E-state index contributed by atoms with van der Waals surface area (Å²) in [7, 11) is -0.602. The first-order chi connectivity index (χ1) is 7.46. The van der Waals surface area contributed by atoms with Crippen molar-refractivity contribution in [2.45, 2.75) is 65.7 Å². The molecule has 0 aliphatic heterocycles. The topological polar surface area (TPSA) is 9.23 Å². The molecule has 0 heterocycles. The molecule has 0 saturated carbocycles. The molecule has 0 bridgehead atoms. The standard InChI is InChI=1S/C15H34OS/c1-10-17(9,15(7,8)13(2)3)12-11-16-14(4,5)6/h13H,10-12H2,1-9H3. The van der Waals surface area contributed by atoms with E-state index in [2.05, 4.69) is 61.6 Å². The number of hydrogen-bond acceptors (Lipinski definition) is 1. The van der Waals surface area contributed by atoms with Gasteiger partial charge in [0.05, 0.1) is 12.2 Å². The summed E-state index contributed by atoms with van der Waals surface area (Å²) in [5.41, 5.74) is -0.00390. The quantitative estimate of drug-likeness (QED) is 0.675. The second-order valence-electron chi connectivity index (χ2n) is 6.99. The molecule has 1 unspecified atom stereocenters. The van der Waals surface area contributed by atoms with E-state index in [0.29, 0.717) is 4.75 Å². The van der Waals surface area contributed by atoms with E-state index in [1.54, 1.807) is 0 Å². The molecular formula is C15H34OS. The molecule has 0 rings (SSSR count). The summed E-state index contributed by atoms with van der Waals surface area (Å²) in [5.74, 6) is 3.26. The summed E-state index contributed by atoms with van der Waals surface area (Å²) < 4.78 is 6.36. The van der Waals surface area contributed by atoms with Gasteiger partial charge in [0.2, 0.25) is 0 Å². The Kier molecular flexibility index (Phi) is 6.08. The maximum absolute atomic E-state index is 5.92. The first-order valence-corrected chi connectivity index (χ1v) is 9.21. The van der Waals surface area contributed by atoms with Crippen molar-refractivity contribution < 1.29 is 4.74 Å². The maximum atomic E-state index is 5.92. The van der Waals surface area contributed by atoms with E-state index in [-0.39, 0.29) is 5.60 Å². The minimum atomic E-state index is -0.602. The van der Waals surface area contributed by atoms with Gasteiger partial charge in [0.1, 0.15) is 0 Å². The minimum absolute atomic E-state index is 0.00390. The molecule has 0 aliphatic rings. The molecule has 1 nitrogen and oxygen atoms in total. The second kappa shape index (κ2) is 5.97. The summed E-state index contributed by atoms with van der Waals surface area (Å²) in [5, 5.41) is 0. The van der Waals surface area contributed by atoms with Gasteiger partial charge in [0.25, 0.3) is 0 Å². The fraction of sp³-hybridized carbons (Fsp3) is 1.00. The van der Waals surface area contributed by atoms with Gasteiger partial charge in [-0.15, -0.1) is 0 Å². The zero-order valence-electron chi connectivity index (χ0n) is 13.5. The van der Waals surface area contributed by atoms with Crippen LogP contribution in [0.3, 0.4) is 0 Å². The zero-order valence-corrected chi connectivity index (χ0v) is 14.3. The number of hydrogen-bond donors (Lipinski definition) is 0. The Hall–Kier alpha value is 0.310. The summed E-state index contributed by atoms with van der Waals surface area (Å²) in [6.45, 7) is 19.2. The summed E-state index contributed by atoms with van der Waals surface area (Å²) in [6, 6.07) is 0. The van der Waals surface area contributed by atoms with Crippen LogP contribution in [0, 0.1) is 5.92 Å². The van der Waals surface area contributed by atoms with Crippen molar-refractivity contribution >= 4 is 10.0 Å².